The molecule has 1 fully saturated rings. The first-order valence-corrected chi connectivity index (χ1v) is 9.88. The van der Waals surface area contributed by atoms with Gasteiger partial charge in [0.15, 0.2) is 0 Å². The number of carbonyl (C=O) groups excluding carboxylic acids is 1. The number of hydrogen-bond acceptors (Lipinski definition) is 3. The molecule has 0 spiro atoms. The topological polar surface area (TPSA) is 32.8 Å². The zero-order valence-electron chi connectivity index (χ0n) is 16.0. The van der Waals surface area contributed by atoms with Crippen LogP contribution in [-0.2, 0) is 4.74 Å². The molecule has 3 rings (SSSR count). The maximum absolute atomic E-state index is 12.2. The molecule has 1 heterocycles. The third-order valence-corrected chi connectivity index (χ3v) is 5.03. The molecule has 2 aromatic carbocycles. The quantitative estimate of drug-likeness (QED) is 0.737. The number of nitrogens with zero attached hydrogens (tertiary/aromatic N) is 2. The van der Waals surface area contributed by atoms with Gasteiger partial charge < -0.3 is 9.64 Å². The Balaban J connectivity index is 1.71. The van der Waals surface area contributed by atoms with E-state index in [1.165, 1.54) is 11.1 Å². The predicted octanol–water partition coefficient (Wildman–Crippen LogP) is 4.84. The van der Waals surface area contributed by atoms with Crippen LogP contribution in [0, 0.1) is 5.92 Å². The second-order valence-corrected chi connectivity index (χ2v) is 7.79. The SMILES string of the molecule is CC(C)COC(=O)N1CCN([C@@H](c2ccccc2)c2ccc(Cl)cc2)CC1. The molecule has 27 heavy (non-hydrogen) atoms. The molecule has 4 nitrogen and oxygen atoms in total. The van der Waals surface area contributed by atoms with E-state index in [-0.39, 0.29) is 12.1 Å². The van der Waals surface area contributed by atoms with E-state index >= 15 is 0 Å². The van der Waals surface area contributed by atoms with Crippen LogP contribution in [-0.4, -0.2) is 48.7 Å². The number of amides is 1. The molecular formula is C22H27ClN2O2. The van der Waals surface area contributed by atoms with Crippen molar-refractivity contribution in [2.75, 3.05) is 32.8 Å². The van der Waals surface area contributed by atoms with Crippen LogP contribution in [0.2, 0.25) is 5.02 Å². The standard InChI is InChI=1S/C22H27ClN2O2/c1-17(2)16-27-22(26)25-14-12-24(13-15-25)21(18-6-4-3-5-7-18)19-8-10-20(23)11-9-19/h3-11,17,21H,12-16H2,1-2H3/t21-/m0/s1. The molecule has 2 aromatic rings. The van der Waals surface area contributed by atoms with Crippen LogP contribution in [0.1, 0.15) is 31.0 Å². The van der Waals surface area contributed by atoms with E-state index in [2.05, 4.69) is 41.3 Å². The van der Waals surface area contributed by atoms with Gasteiger partial charge in [0, 0.05) is 31.2 Å². The third kappa shape index (κ3) is 5.24. The number of rotatable bonds is 5. The summed E-state index contributed by atoms with van der Waals surface area (Å²) in [5.74, 6) is 0.350. The molecule has 0 saturated carbocycles. The molecule has 0 N–H and O–H groups in total. The summed E-state index contributed by atoms with van der Waals surface area (Å²) in [7, 11) is 0. The second-order valence-electron chi connectivity index (χ2n) is 7.36. The summed E-state index contributed by atoms with van der Waals surface area (Å²) in [6, 6.07) is 18.7. The first kappa shape index (κ1) is 19.7. The number of hydrogen-bond donors (Lipinski definition) is 0. The van der Waals surface area contributed by atoms with Crippen LogP contribution in [0.25, 0.3) is 0 Å². The fraction of sp³-hybridized carbons (Fsp3) is 0.409. The maximum Gasteiger partial charge on any atom is 0.409 e. The zero-order chi connectivity index (χ0) is 19.2. The molecule has 0 bridgehead atoms. The van der Waals surface area contributed by atoms with Crippen LogP contribution in [0.4, 0.5) is 4.79 Å². The molecule has 1 amide bonds. The Kier molecular flexibility index (Phi) is 6.75. The maximum atomic E-state index is 12.2. The molecule has 5 heteroatoms. The summed E-state index contributed by atoms with van der Waals surface area (Å²) < 4.78 is 5.37. The lowest BCUT2D eigenvalue weighted by molar-refractivity contribution is 0.0624. The van der Waals surface area contributed by atoms with Crippen molar-refractivity contribution in [2.45, 2.75) is 19.9 Å². The highest BCUT2D eigenvalue weighted by molar-refractivity contribution is 6.30. The van der Waals surface area contributed by atoms with Crippen molar-refractivity contribution in [3.8, 4) is 0 Å². The summed E-state index contributed by atoms with van der Waals surface area (Å²) in [5.41, 5.74) is 2.46. The number of carbonyl (C=O) groups is 1. The highest BCUT2D eigenvalue weighted by Crippen LogP contribution is 2.30. The molecule has 1 saturated heterocycles. The van der Waals surface area contributed by atoms with Crippen molar-refractivity contribution >= 4 is 17.7 Å². The van der Waals surface area contributed by atoms with Gasteiger partial charge in [0.25, 0.3) is 0 Å². The van der Waals surface area contributed by atoms with E-state index in [0.717, 1.165) is 18.1 Å². The van der Waals surface area contributed by atoms with Gasteiger partial charge in [-0.15, -0.1) is 0 Å². The Hall–Kier alpha value is -2.04. The summed E-state index contributed by atoms with van der Waals surface area (Å²) >= 11 is 6.08. The highest BCUT2D eigenvalue weighted by Gasteiger charge is 2.28. The van der Waals surface area contributed by atoms with Gasteiger partial charge in [0.2, 0.25) is 0 Å². The number of piperazine rings is 1. The van der Waals surface area contributed by atoms with E-state index < -0.39 is 0 Å². The van der Waals surface area contributed by atoms with Gasteiger partial charge in [-0.25, -0.2) is 4.79 Å². The first-order chi connectivity index (χ1) is 13.0. The summed E-state index contributed by atoms with van der Waals surface area (Å²) in [5, 5.41) is 0.739. The smallest absolute Gasteiger partial charge is 0.409 e. The van der Waals surface area contributed by atoms with E-state index in [1.807, 2.05) is 36.9 Å². The molecule has 0 aliphatic carbocycles. The van der Waals surface area contributed by atoms with Crippen molar-refractivity contribution in [2.24, 2.45) is 5.92 Å². The average Bonchev–Trinajstić information content (AvgIpc) is 2.69. The van der Waals surface area contributed by atoms with Gasteiger partial charge >= 0.3 is 6.09 Å². The molecule has 1 aliphatic rings. The normalized spacial score (nSPS) is 16.4. The van der Waals surface area contributed by atoms with Gasteiger partial charge in [-0.05, 0) is 29.2 Å². The Morgan fingerprint density at radius 3 is 2.15 bits per heavy atom. The molecule has 0 radical (unpaired) electrons. The van der Waals surface area contributed by atoms with Crippen LogP contribution in [0.5, 0.6) is 0 Å². The number of ether oxygens (including phenoxy) is 1. The van der Waals surface area contributed by atoms with Crippen LogP contribution in [0.15, 0.2) is 54.6 Å². The summed E-state index contributed by atoms with van der Waals surface area (Å²) in [6.45, 7) is 7.51. The second kappa shape index (κ2) is 9.25. The Labute approximate surface area is 166 Å². The fourth-order valence-corrected chi connectivity index (χ4v) is 3.51. The van der Waals surface area contributed by atoms with Crippen molar-refractivity contribution in [3.63, 3.8) is 0 Å². The van der Waals surface area contributed by atoms with Crippen molar-refractivity contribution in [1.29, 1.82) is 0 Å². The lowest BCUT2D eigenvalue weighted by Gasteiger charge is -2.39. The first-order valence-electron chi connectivity index (χ1n) is 9.50. The van der Waals surface area contributed by atoms with Crippen LogP contribution < -0.4 is 0 Å². The molecule has 0 unspecified atom stereocenters. The molecular weight excluding hydrogens is 360 g/mol. The minimum absolute atomic E-state index is 0.150. The Morgan fingerprint density at radius 2 is 1.56 bits per heavy atom. The van der Waals surface area contributed by atoms with Crippen molar-refractivity contribution in [1.82, 2.24) is 9.80 Å². The van der Waals surface area contributed by atoms with Crippen molar-refractivity contribution in [3.05, 3.63) is 70.7 Å². The lowest BCUT2D eigenvalue weighted by Crippen LogP contribution is -2.50. The van der Waals surface area contributed by atoms with E-state index in [4.69, 9.17) is 16.3 Å². The van der Waals surface area contributed by atoms with Crippen LogP contribution >= 0.6 is 11.6 Å². The van der Waals surface area contributed by atoms with E-state index in [1.54, 1.807) is 0 Å². The third-order valence-electron chi connectivity index (χ3n) is 4.78. The predicted molar refractivity (Wildman–Crippen MR) is 109 cm³/mol. The Bertz CT molecular complexity index is 726. The van der Waals surface area contributed by atoms with Gasteiger partial charge in [0.05, 0.1) is 12.6 Å². The minimum Gasteiger partial charge on any atom is -0.449 e. The minimum atomic E-state index is -0.203. The molecule has 0 aromatic heterocycles. The number of benzene rings is 2. The molecule has 1 atom stereocenters. The van der Waals surface area contributed by atoms with E-state index in [9.17, 15) is 4.79 Å². The van der Waals surface area contributed by atoms with Crippen molar-refractivity contribution < 1.29 is 9.53 Å². The monoisotopic (exact) mass is 386 g/mol. The van der Waals surface area contributed by atoms with E-state index in [0.29, 0.717) is 25.6 Å². The van der Waals surface area contributed by atoms with Gasteiger partial charge in [0.1, 0.15) is 0 Å². The highest BCUT2D eigenvalue weighted by atomic mass is 35.5. The fourth-order valence-electron chi connectivity index (χ4n) is 3.39. The van der Waals surface area contributed by atoms with Gasteiger partial charge in [-0.3, -0.25) is 4.90 Å². The molecule has 144 valence electrons. The number of halogens is 1. The van der Waals surface area contributed by atoms with Gasteiger partial charge in [-0.2, -0.15) is 0 Å². The largest absolute Gasteiger partial charge is 0.449 e. The lowest BCUT2D eigenvalue weighted by atomic mass is 9.96. The summed E-state index contributed by atoms with van der Waals surface area (Å²) in [6.07, 6.45) is -0.203. The summed E-state index contributed by atoms with van der Waals surface area (Å²) in [4.78, 5) is 16.5. The zero-order valence-corrected chi connectivity index (χ0v) is 16.7. The average molecular weight is 387 g/mol. The van der Waals surface area contributed by atoms with Gasteiger partial charge in [-0.1, -0.05) is 67.9 Å². The van der Waals surface area contributed by atoms with Crippen LogP contribution in [0.3, 0.4) is 0 Å². The Morgan fingerprint density at radius 1 is 0.963 bits per heavy atom. The molecule has 1 aliphatic heterocycles.